The molecule has 0 radical (unpaired) electrons. The number of carbonyl (C=O) groups excluding carboxylic acids is 1. The number of aromatic nitrogens is 1. The number of nitrogens with two attached hydrogens (primary N) is 1. The van der Waals surface area contributed by atoms with Gasteiger partial charge in [-0.05, 0) is 30.7 Å². The summed E-state index contributed by atoms with van der Waals surface area (Å²) in [6, 6.07) is 9.52. The van der Waals surface area contributed by atoms with E-state index in [1.165, 1.54) is 0 Å². The third-order valence-electron chi connectivity index (χ3n) is 2.89. The lowest BCUT2D eigenvalue weighted by atomic mass is 10.0. The van der Waals surface area contributed by atoms with Crippen molar-refractivity contribution >= 4 is 16.7 Å². The monoisotopic (exact) mass is 244 g/mol. The smallest absolute Gasteiger partial charge is 0.267 e. The van der Waals surface area contributed by atoms with E-state index in [1.54, 1.807) is 6.07 Å². The van der Waals surface area contributed by atoms with Crippen molar-refractivity contribution in [2.75, 3.05) is 6.61 Å². The molecule has 18 heavy (non-hydrogen) atoms. The van der Waals surface area contributed by atoms with Crippen LogP contribution in [0.5, 0.6) is 0 Å². The fraction of sp³-hybridized carbons (Fsp3) is 0.286. The summed E-state index contributed by atoms with van der Waals surface area (Å²) in [4.78, 5) is 15.6. The zero-order chi connectivity index (χ0) is 13.0. The highest BCUT2D eigenvalue weighted by Crippen LogP contribution is 2.20. The number of aliphatic hydroxyl groups is 1. The number of aliphatic hydroxyl groups excluding tert-OH is 1. The van der Waals surface area contributed by atoms with E-state index in [2.05, 4.69) is 4.98 Å². The van der Waals surface area contributed by atoms with Crippen molar-refractivity contribution in [1.29, 1.82) is 0 Å². The van der Waals surface area contributed by atoms with Crippen molar-refractivity contribution in [2.45, 2.75) is 19.3 Å². The van der Waals surface area contributed by atoms with Crippen molar-refractivity contribution in [1.82, 2.24) is 4.98 Å². The molecule has 0 saturated carbocycles. The molecule has 0 atom stereocenters. The van der Waals surface area contributed by atoms with Gasteiger partial charge in [0.1, 0.15) is 5.69 Å². The quantitative estimate of drug-likeness (QED) is 0.785. The second-order valence-corrected chi connectivity index (χ2v) is 4.22. The molecule has 3 N–H and O–H groups in total. The van der Waals surface area contributed by atoms with Crippen LogP contribution in [0.25, 0.3) is 10.8 Å². The Morgan fingerprint density at radius 3 is 2.78 bits per heavy atom. The van der Waals surface area contributed by atoms with Gasteiger partial charge in [0, 0.05) is 17.7 Å². The molecule has 94 valence electrons. The number of carbonyl (C=O) groups is 1. The van der Waals surface area contributed by atoms with Crippen LogP contribution in [0.1, 0.15) is 29.0 Å². The highest BCUT2D eigenvalue weighted by atomic mass is 16.2. The van der Waals surface area contributed by atoms with Crippen LogP contribution in [0.3, 0.4) is 0 Å². The predicted molar refractivity (Wildman–Crippen MR) is 70.3 cm³/mol. The number of nitrogens with zero attached hydrogens (tertiary/aromatic N) is 1. The lowest BCUT2D eigenvalue weighted by Gasteiger charge is -2.07. The second-order valence-electron chi connectivity index (χ2n) is 4.22. The SMILES string of the molecule is NC(=O)c1cc2ccccc2c(CCCCO)n1. The van der Waals surface area contributed by atoms with Gasteiger partial charge in [0.15, 0.2) is 0 Å². The Morgan fingerprint density at radius 1 is 1.28 bits per heavy atom. The summed E-state index contributed by atoms with van der Waals surface area (Å²) in [7, 11) is 0. The summed E-state index contributed by atoms with van der Waals surface area (Å²) in [5, 5.41) is 10.8. The Hall–Kier alpha value is -1.94. The average Bonchev–Trinajstić information content (AvgIpc) is 2.38. The molecule has 1 aromatic carbocycles. The number of benzene rings is 1. The summed E-state index contributed by atoms with van der Waals surface area (Å²) in [6.07, 6.45) is 2.31. The van der Waals surface area contributed by atoms with Gasteiger partial charge in [0.2, 0.25) is 0 Å². The van der Waals surface area contributed by atoms with Crippen LogP contribution in [-0.4, -0.2) is 22.6 Å². The van der Waals surface area contributed by atoms with Crippen LogP contribution in [0.4, 0.5) is 0 Å². The maximum Gasteiger partial charge on any atom is 0.267 e. The van der Waals surface area contributed by atoms with E-state index in [0.717, 1.165) is 35.7 Å². The number of hydrogen-bond donors (Lipinski definition) is 2. The summed E-state index contributed by atoms with van der Waals surface area (Å²) >= 11 is 0. The fourth-order valence-electron chi connectivity index (χ4n) is 1.99. The topological polar surface area (TPSA) is 76.2 Å². The van der Waals surface area contributed by atoms with Crippen LogP contribution in [-0.2, 0) is 6.42 Å². The molecule has 0 spiro atoms. The lowest BCUT2D eigenvalue weighted by Crippen LogP contribution is -2.14. The average molecular weight is 244 g/mol. The first-order valence-electron chi connectivity index (χ1n) is 6.01. The minimum absolute atomic E-state index is 0.174. The van der Waals surface area contributed by atoms with Gasteiger partial charge in [-0.15, -0.1) is 0 Å². The van der Waals surface area contributed by atoms with Gasteiger partial charge in [0.05, 0.1) is 0 Å². The maximum atomic E-state index is 11.2. The third-order valence-corrected chi connectivity index (χ3v) is 2.89. The molecular formula is C14H16N2O2. The van der Waals surface area contributed by atoms with Crippen molar-refractivity contribution in [3.8, 4) is 0 Å². The molecule has 4 nitrogen and oxygen atoms in total. The van der Waals surface area contributed by atoms with E-state index in [1.807, 2.05) is 24.3 Å². The number of hydrogen-bond acceptors (Lipinski definition) is 3. The van der Waals surface area contributed by atoms with Crippen LogP contribution >= 0.6 is 0 Å². The van der Waals surface area contributed by atoms with Gasteiger partial charge in [0.25, 0.3) is 5.91 Å². The zero-order valence-electron chi connectivity index (χ0n) is 10.1. The molecule has 0 unspecified atom stereocenters. The van der Waals surface area contributed by atoms with Crippen molar-refractivity contribution in [3.05, 3.63) is 41.7 Å². The van der Waals surface area contributed by atoms with Gasteiger partial charge < -0.3 is 10.8 Å². The van der Waals surface area contributed by atoms with Crippen LogP contribution < -0.4 is 5.73 Å². The summed E-state index contributed by atoms with van der Waals surface area (Å²) in [5.74, 6) is -0.510. The molecule has 0 aliphatic carbocycles. The van der Waals surface area contributed by atoms with E-state index in [9.17, 15) is 4.79 Å². The van der Waals surface area contributed by atoms with Crippen molar-refractivity contribution in [2.24, 2.45) is 5.73 Å². The number of aryl methyl sites for hydroxylation is 1. The first-order valence-corrected chi connectivity index (χ1v) is 6.01. The minimum atomic E-state index is -0.510. The summed E-state index contributed by atoms with van der Waals surface area (Å²) < 4.78 is 0. The summed E-state index contributed by atoms with van der Waals surface area (Å²) in [6.45, 7) is 0.174. The van der Waals surface area contributed by atoms with Crippen molar-refractivity contribution < 1.29 is 9.90 Å². The van der Waals surface area contributed by atoms with E-state index in [0.29, 0.717) is 5.69 Å². The molecule has 2 rings (SSSR count). The van der Waals surface area contributed by atoms with Gasteiger partial charge in [-0.3, -0.25) is 4.79 Å². The number of pyridine rings is 1. The number of primary amides is 1. The Bertz CT molecular complexity index is 567. The Labute approximate surface area is 105 Å². The maximum absolute atomic E-state index is 11.2. The first kappa shape index (κ1) is 12.5. The third kappa shape index (κ3) is 2.65. The molecule has 1 heterocycles. The molecule has 0 aliphatic rings. The van der Waals surface area contributed by atoms with Crippen LogP contribution in [0.2, 0.25) is 0 Å². The predicted octanol–water partition coefficient (Wildman–Crippen LogP) is 1.65. The van der Waals surface area contributed by atoms with Gasteiger partial charge >= 0.3 is 0 Å². The molecule has 0 bridgehead atoms. The van der Waals surface area contributed by atoms with Gasteiger partial charge in [-0.1, -0.05) is 24.3 Å². The molecular weight excluding hydrogens is 228 g/mol. The minimum Gasteiger partial charge on any atom is -0.396 e. The zero-order valence-corrected chi connectivity index (χ0v) is 10.1. The first-order chi connectivity index (χ1) is 8.72. The molecule has 0 fully saturated rings. The van der Waals surface area contributed by atoms with E-state index in [4.69, 9.17) is 10.8 Å². The van der Waals surface area contributed by atoms with Crippen molar-refractivity contribution in [3.63, 3.8) is 0 Å². The Balaban J connectivity index is 2.43. The largest absolute Gasteiger partial charge is 0.396 e. The standard InChI is InChI=1S/C14H16N2O2/c15-14(18)13-9-10-5-1-2-6-11(10)12(16-13)7-3-4-8-17/h1-2,5-6,9,17H,3-4,7-8H2,(H2,15,18). The highest BCUT2D eigenvalue weighted by Gasteiger charge is 2.09. The fourth-order valence-corrected chi connectivity index (χ4v) is 1.99. The molecule has 0 saturated heterocycles. The van der Waals surface area contributed by atoms with Gasteiger partial charge in [-0.25, -0.2) is 4.98 Å². The second kappa shape index (κ2) is 5.60. The molecule has 1 aromatic heterocycles. The summed E-state index contributed by atoms with van der Waals surface area (Å²) in [5.41, 5.74) is 6.46. The number of unbranched alkanes of at least 4 members (excludes halogenated alkanes) is 1. The molecule has 1 amide bonds. The number of fused-ring (bicyclic) bond motifs is 1. The molecule has 4 heteroatoms. The Morgan fingerprint density at radius 2 is 2.06 bits per heavy atom. The normalized spacial score (nSPS) is 10.7. The molecule has 2 aromatic rings. The number of amides is 1. The van der Waals surface area contributed by atoms with E-state index >= 15 is 0 Å². The number of rotatable bonds is 5. The highest BCUT2D eigenvalue weighted by molar-refractivity contribution is 5.96. The van der Waals surface area contributed by atoms with E-state index in [-0.39, 0.29) is 6.61 Å². The van der Waals surface area contributed by atoms with E-state index < -0.39 is 5.91 Å². The van der Waals surface area contributed by atoms with Crippen LogP contribution in [0.15, 0.2) is 30.3 Å². The Kier molecular flexibility index (Phi) is 3.89. The van der Waals surface area contributed by atoms with Gasteiger partial charge in [-0.2, -0.15) is 0 Å². The molecule has 0 aliphatic heterocycles. The van der Waals surface area contributed by atoms with Crippen LogP contribution in [0, 0.1) is 0 Å². The lowest BCUT2D eigenvalue weighted by molar-refractivity contribution is 0.0995.